The Morgan fingerprint density at radius 1 is 1.05 bits per heavy atom. The molecule has 0 aliphatic rings. The Labute approximate surface area is 116 Å². The molecule has 0 bridgehead atoms. The number of pyridine rings is 1. The van der Waals surface area contributed by atoms with Crippen molar-refractivity contribution in [2.45, 2.75) is 6.92 Å². The average Bonchev–Trinajstić information content (AvgIpc) is 2.47. The van der Waals surface area contributed by atoms with Crippen LogP contribution in [0.25, 0.3) is 22.2 Å². The molecule has 3 nitrogen and oxygen atoms in total. The number of phenols is 1. The molecule has 0 spiro atoms. The normalized spacial score (nSPS) is 10.7. The first-order valence-electron chi connectivity index (χ1n) is 6.34. The summed E-state index contributed by atoms with van der Waals surface area (Å²) >= 11 is 0. The van der Waals surface area contributed by atoms with Crippen molar-refractivity contribution in [3.05, 3.63) is 59.7 Å². The summed E-state index contributed by atoms with van der Waals surface area (Å²) in [5, 5.41) is 10.6. The zero-order valence-electron chi connectivity index (χ0n) is 11.0. The fraction of sp³-hybridized carbons (Fsp3) is 0.0588. The summed E-state index contributed by atoms with van der Waals surface area (Å²) in [6, 6.07) is 15.1. The van der Waals surface area contributed by atoms with E-state index in [1.165, 1.54) is 6.07 Å². The standard InChI is InChI=1S/C17H13NO2/c1-11-4-2-3-5-13(11)15-8-6-12-7-9-16(20)14(10-19)17(12)18-15/h2-10,20H,1H3. The second-order valence-corrected chi connectivity index (χ2v) is 4.70. The predicted molar refractivity (Wildman–Crippen MR) is 79.0 cm³/mol. The van der Waals surface area contributed by atoms with Gasteiger partial charge in [-0.1, -0.05) is 30.3 Å². The number of aromatic nitrogens is 1. The van der Waals surface area contributed by atoms with E-state index in [9.17, 15) is 9.90 Å². The molecule has 0 saturated carbocycles. The van der Waals surface area contributed by atoms with Crippen LogP contribution >= 0.6 is 0 Å². The number of hydrogen-bond donors (Lipinski definition) is 1. The van der Waals surface area contributed by atoms with Crippen molar-refractivity contribution in [2.24, 2.45) is 0 Å². The number of nitrogens with zero attached hydrogens (tertiary/aromatic N) is 1. The first-order chi connectivity index (χ1) is 9.70. The van der Waals surface area contributed by atoms with Crippen LogP contribution in [0.15, 0.2) is 48.5 Å². The van der Waals surface area contributed by atoms with Gasteiger partial charge in [0.25, 0.3) is 0 Å². The molecule has 1 N–H and O–H groups in total. The molecule has 1 heterocycles. The van der Waals surface area contributed by atoms with Crippen LogP contribution in [0.1, 0.15) is 15.9 Å². The average molecular weight is 263 g/mol. The first kappa shape index (κ1) is 12.4. The van der Waals surface area contributed by atoms with Crippen molar-refractivity contribution in [2.75, 3.05) is 0 Å². The van der Waals surface area contributed by atoms with Gasteiger partial charge < -0.3 is 5.11 Å². The Morgan fingerprint density at radius 2 is 1.80 bits per heavy atom. The van der Waals surface area contributed by atoms with Crippen LogP contribution in [0, 0.1) is 6.92 Å². The van der Waals surface area contributed by atoms with Gasteiger partial charge in [-0.25, -0.2) is 4.98 Å². The van der Waals surface area contributed by atoms with Crippen LogP contribution in [-0.4, -0.2) is 16.4 Å². The Bertz CT molecular complexity index is 809. The molecule has 0 atom stereocenters. The quantitative estimate of drug-likeness (QED) is 0.717. The van der Waals surface area contributed by atoms with Crippen LogP contribution < -0.4 is 0 Å². The molecule has 98 valence electrons. The Morgan fingerprint density at radius 3 is 2.55 bits per heavy atom. The Kier molecular flexibility index (Phi) is 2.95. The first-order valence-corrected chi connectivity index (χ1v) is 6.34. The van der Waals surface area contributed by atoms with E-state index in [0.29, 0.717) is 11.8 Å². The number of carbonyl (C=O) groups excluding carboxylic acids is 1. The maximum Gasteiger partial charge on any atom is 0.155 e. The third-order valence-electron chi connectivity index (χ3n) is 3.42. The van der Waals surface area contributed by atoms with E-state index in [1.807, 2.05) is 43.3 Å². The van der Waals surface area contributed by atoms with Crippen LogP contribution in [0.2, 0.25) is 0 Å². The summed E-state index contributed by atoms with van der Waals surface area (Å²) in [5.74, 6) is -0.0399. The molecule has 2 aromatic carbocycles. The van der Waals surface area contributed by atoms with E-state index in [0.717, 1.165) is 22.2 Å². The minimum atomic E-state index is -0.0399. The summed E-state index contributed by atoms with van der Waals surface area (Å²) in [4.78, 5) is 15.7. The Balaban J connectivity index is 2.30. The third kappa shape index (κ3) is 1.93. The molecule has 3 aromatic rings. The second-order valence-electron chi connectivity index (χ2n) is 4.70. The monoisotopic (exact) mass is 263 g/mol. The number of carbonyl (C=O) groups is 1. The molecule has 0 unspecified atom stereocenters. The van der Waals surface area contributed by atoms with Gasteiger partial charge in [0.15, 0.2) is 6.29 Å². The van der Waals surface area contributed by atoms with E-state index in [-0.39, 0.29) is 11.3 Å². The van der Waals surface area contributed by atoms with Gasteiger partial charge in [0.2, 0.25) is 0 Å². The summed E-state index contributed by atoms with van der Waals surface area (Å²) < 4.78 is 0. The maximum absolute atomic E-state index is 11.2. The molecule has 20 heavy (non-hydrogen) atoms. The molecule has 1 aromatic heterocycles. The largest absolute Gasteiger partial charge is 0.507 e. The molecule has 0 saturated heterocycles. The summed E-state index contributed by atoms with van der Waals surface area (Å²) in [6.07, 6.45) is 0.645. The predicted octanol–water partition coefficient (Wildman–Crippen LogP) is 3.73. The minimum Gasteiger partial charge on any atom is -0.507 e. The molecule has 3 rings (SSSR count). The molecule has 3 heteroatoms. The molecular formula is C17H13NO2. The number of rotatable bonds is 2. The third-order valence-corrected chi connectivity index (χ3v) is 3.42. The van der Waals surface area contributed by atoms with Crippen LogP contribution in [0.5, 0.6) is 5.75 Å². The smallest absolute Gasteiger partial charge is 0.155 e. The number of aryl methyl sites for hydroxylation is 1. The fourth-order valence-corrected chi connectivity index (χ4v) is 2.33. The number of benzene rings is 2. The van der Waals surface area contributed by atoms with Gasteiger partial charge in [0.05, 0.1) is 16.8 Å². The van der Waals surface area contributed by atoms with Crippen molar-refractivity contribution in [3.8, 4) is 17.0 Å². The lowest BCUT2D eigenvalue weighted by atomic mass is 10.0. The lowest BCUT2D eigenvalue weighted by molar-refractivity contribution is 0.112. The van der Waals surface area contributed by atoms with Crippen molar-refractivity contribution < 1.29 is 9.90 Å². The molecule has 0 amide bonds. The van der Waals surface area contributed by atoms with E-state index in [1.54, 1.807) is 6.07 Å². The van der Waals surface area contributed by atoms with Gasteiger partial charge in [0, 0.05) is 10.9 Å². The molecule has 0 fully saturated rings. The zero-order chi connectivity index (χ0) is 14.1. The van der Waals surface area contributed by atoms with E-state index in [2.05, 4.69) is 4.98 Å². The second kappa shape index (κ2) is 4.78. The SMILES string of the molecule is Cc1ccccc1-c1ccc2ccc(O)c(C=O)c2n1. The van der Waals surface area contributed by atoms with Crippen molar-refractivity contribution in [1.82, 2.24) is 4.98 Å². The van der Waals surface area contributed by atoms with E-state index < -0.39 is 0 Å². The van der Waals surface area contributed by atoms with Gasteiger partial charge in [-0.05, 0) is 30.7 Å². The zero-order valence-corrected chi connectivity index (χ0v) is 11.0. The summed E-state index contributed by atoms with van der Waals surface area (Å²) in [6.45, 7) is 2.02. The summed E-state index contributed by atoms with van der Waals surface area (Å²) in [7, 11) is 0. The lowest BCUT2D eigenvalue weighted by Crippen LogP contribution is -1.92. The van der Waals surface area contributed by atoms with Crippen LogP contribution in [-0.2, 0) is 0 Å². The Hall–Kier alpha value is -2.68. The number of fused-ring (bicyclic) bond motifs is 1. The van der Waals surface area contributed by atoms with Crippen LogP contribution in [0.3, 0.4) is 0 Å². The van der Waals surface area contributed by atoms with E-state index in [4.69, 9.17) is 0 Å². The van der Waals surface area contributed by atoms with Crippen molar-refractivity contribution >= 4 is 17.2 Å². The highest BCUT2D eigenvalue weighted by Crippen LogP contribution is 2.28. The fourth-order valence-electron chi connectivity index (χ4n) is 2.33. The topological polar surface area (TPSA) is 50.2 Å². The molecule has 0 aliphatic carbocycles. The number of hydrogen-bond acceptors (Lipinski definition) is 3. The molecule has 0 radical (unpaired) electrons. The maximum atomic E-state index is 11.2. The number of phenolic OH excluding ortho intramolecular Hbond substituents is 1. The number of aromatic hydroxyl groups is 1. The lowest BCUT2D eigenvalue weighted by Gasteiger charge is -2.08. The van der Waals surface area contributed by atoms with Crippen LogP contribution in [0.4, 0.5) is 0 Å². The number of aldehydes is 1. The molecule has 0 aliphatic heterocycles. The summed E-state index contributed by atoms with van der Waals surface area (Å²) in [5.41, 5.74) is 3.70. The van der Waals surface area contributed by atoms with Gasteiger partial charge in [-0.2, -0.15) is 0 Å². The van der Waals surface area contributed by atoms with Gasteiger partial charge in [0.1, 0.15) is 5.75 Å². The highest BCUT2D eigenvalue weighted by Gasteiger charge is 2.10. The van der Waals surface area contributed by atoms with Gasteiger partial charge in [-0.3, -0.25) is 4.79 Å². The van der Waals surface area contributed by atoms with Gasteiger partial charge in [-0.15, -0.1) is 0 Å². The minimum absolute atomic E-state index is 0.0399. The van der Waals surface area contributed by atoms with E-state index >= 15 is 0 Å². The molecular weight excluding hydrogens is 250 g/mol. The highest BCUT2D eigenvalue weighted by atomic mass is 16.3. The van der Waals surface area contributed by atoms with Crippen molar-refractivity contribution in [3.63, 3.8) is 0 Å². The van der Waals surface area contributed by atoms with Gasteiger partial charge >= 0.3 is 0 Å². The highest BCUT2D eigenvalue weighted by molar-refractivity contribution is 5.99. The van der Waals surface area contributed by atoms with Crippen molar-refractivity contribution in [1.29, 1.82) is 0 Å².